The molecule has 2 rings (SSSR count). The minimum atomic E-state index is -1.02. The van der Waals surface area contributed by atoms with Crippen molar-refractivity contribution in [3.63, 3.8) is 0 Å². The molecule has 5 heteroatoms. The van der Waals surface area contributed by atoms with E-state index in [0.29, 0.717) is 15.6 Å². The third-order valence-corrected chi connectivity index (χ3v) is 2.37. The first kappa shape index (κ1) is 9.08. The van der Waals surface area contributed by atoms with Crippen LogP contribution in [0.25, 0.3) is 11.0 Å². The van der Waals surface area contributed by atoms with E-state index in [9.17, 15) is 4.79 Å². The van der Waals surface area contributed by atoms with E-state index in [4.69, 9.17) is 5.11 Å². The lowest BCUT2D eigenvalue weighted by Gasteiger charge is -2.00. The molecule has 2 aromatic rings. The number of hydrogen-bond acceptors (Lipinski definition) is 3. The maximum absolute atomic E-state index is 10.8. The van der Waals surface area contributed by atoms with E-state index in [1.807, 2.05) is 0 Å². The number of carboxylic acid groups (broad SMARTS) is 1. The monoisotopic (exact) mass is 252 g/mol. The van der Waals surface area contributed by atoms with Crippen molar-refractivity contribution in [2.75, 3.05) is 0 Å². The van der Waals surface area contributed by atoms with Gasteiger partial charge in [-0.25, -0.2) is 9.78 Å². The molecule has 2 heterocycles. The minimum Gasteiger partial charge on any atom is -0.478 e. The van der Waals surface area contributed by atoms with Crippen LogP contribution in [-0.2, 0) is 0 Å². The Kier molecular flexibility index (Phi) is 2.17. The zero-order valence-electron chi connectivity index (χ0n) is 6.94. The van der Waals surface area contributed by atoms with Crippen LogP contribution in [0.4, 0.5) is 0 Å². The molecule has 0 saturated heterocycles. The molecule has 0 amide bonds. The highest BCUT2D eigenvalue weighted by molar-refractivity contribution is 9.10. The number of rotatable bonds is 1. The molecule has 0 fully saturated rings. The molecule has 0 aliphatic rings. The summed E-state index contributed by atoms with van der Waals surface area (Å²) in [6, 6.07) is 5.02. The summed E-state index contributed by atoms with van der Waals surface area (Å²) in [5.74, 6) is -1.02. The van der Waals surface area contributed by atoms with E-state index < -0.39 is 5.97 Å². The SMILES string of the molecule is O=C(O)c1cc2ncccc2nc1Br. The van der Waals surface area contributed by atoms with Gasteiger partial charge in [0.25, 0.3) is 0 Å². The molecule has 70 valence electrons. The lowest BCUT2D eigenvalue weighted by atomic mass is 10.2. The summed E-state index contributed by atoms with van der Waals surface area (Å²) in [6.45, 7) is 0. The predicted octanol–water partition coefficient (Wildman–Crippen LogP) is 2.09. The van der Waals surface area contributed by atoms with Crippen molar-refractivity contribution in [1.29, 1.82) is 0 Å². The van der Waals surface area contributed by atoms with Gasteiger partial charge in [0.1, 0.15) is 4.60 Å². The second-order valence-corrected chi connectivity index (χ2v) is 3.42. The summed E-state index contributed by atoms with van der Waals surface area (Å²) < 4.78 is 0.325. The summed E-state index contributed by atoms with van der Waals surface area (Å²) in [4.78, 5) is 18.9. The Morgan fingerprint density at radius 1 is 1.43 bits per heavy atom. The lowest BCUT2D eigenvalue weighted by Crippen LogP contribution is -2.00. The summed E-state index contributed by atoms with van der Waals surface area (Å²) >= 11 is 3.10. The molecule has 0 saturated carbocycles. The van der Waals surface area contributed by atoms with Crippen LogP contribution in [0.1, 0.15) is 10.4 Å². The fraction of sp³-hybridized carbons (Fsp3) is 0. The first-order valence-corrected chi connectivity index (χ1v) is 4.62. The minimum absolute atomic E-state index is 0.121. The highest BCUT2D eigenvalue weighted by Crippen LogP contribution is 2.19. The van der Waals surface area contributed by atoms with E-state index in [1.54, 1.807) is 18.3 Å². The molecule has 0 aliphatic carbocycles. The number of carbonyl (C=O) groups is 1. The van der Waals surface area contributed by atoms with Crippen molar-refractivity contribution in [1.82, 2.24) is 9.97 Å². The smallest absolute Gasteiger partial charge is 0.338 e. The van der Waals surface area contributed by atoms with Crippen LogP contribution in [-0.4, -0.2) is 21.0 Å². The first-order valence-electron chi connectivity index (χ1n) is 3.83. The van der Waals surface area contributed by atoms with E-state index in [2.05, 4.69) is 25.9 Å². The number of nitrogens with zero attached hydrogens (tertiary/aromatic N) is 2. The first-order chi connectivity index (χ1) is 6.68. The lowest BCUT2D eigenvalue weighted by molar-refractivity contribution is 0.0695. The highest BCUT2D eigenvalue weighted by atomic mass is 79.9. The van der Waals surface area contributed by atoms with Gasteiger partial charge in [-0.1, -0.05) is 0 Å². The molecule has 2 aromatic heterocycles. The number of halogens is 1. The zero-order valence-corrected chi connectivity index (χ0v) is 8.52. The van der Waals surface area contributed by atoms with Crippen molar-refractivity contribution in [3.8, 4) is 0 Å². The summed E-state index contributed by atoms with van der Waals surface area (Å²) in [7, 11) is 0. The average Bonchev–Trinajstić information content (AvgIpc) is 2.16. The fourth-order valence-corrected chi connectivity index (χ4v) is 1.60. The van der Waals surface area contributed by atoms with Crippen LogP contribution in [0.3, 0.4) is 0 Å². The highest BCUT2D eigenvalue weighted by Gasteiger charge is 2.10. The number of carboxylic acids is 1. The van der Waals surface area contributed by atoms with Gasteiger partial charge in [-0.2, -0.15) is 0 Å². The maximum atomic E-state index is 10.8. The van der Waals surface area contributed by atoms with Gasteiger partial charge in [-0.15, -0.1) is 0 Å². The van der Waals surface area contributed by atoms with E-state index in [-0.39, 0.29) is 5.56 Å². The van der Waals surface area contributed by atoms with Crippen molar-refractivity contribution >= 4 is 32.9 Å². The molecule has 14 heavy (non-hydrogen) atoms. The topological polar surface area (TPSA) is 63.1 Å². The second-order valence-electron chi connectivity index (χ2n) is 2.67. The molecule has 1 N–H and O–H groups in total. The molecule has 0 bridgehead atoms. The van der Waals surface area contributed by atoms with E-state index >= 15 is 0 Å². The van der Waals surface area contributed by atoms with Crippen LogP contribution in [0.5, 0.6) is 0 Å². The predicted molar refractivity (Wildman–Crippen MR) is 54.2 cm³/mol. The van der Waals surface area contributed by atoms with Crippen molar-refractivity contribution in [2.45, 2.75) is 0 Å². The number of aromatic nitrogens is 2. The third kappa shape index (κ3) is 1.46. The Bertz CT molecular complexity index is 513. The standard InChI is InChI=1S/C9H5BrN2O2/c10-8-5(9(13)14)4-7-6(12-8)2-1-3-11-7/h1-4H,(H,13,14). The number of aromatic carboxylic acids is 1. The van der Waals surface area contributed by atoms with Gasteiger partial charge in [-0.05, 0) is 34.1 Å². The molecule has 0 atom stereocenters. The van der Waals surface area contributed by atoms with Gasteiger partial charge < -0.3 is 5.11 Å². The number of pyridine rings is 2. The Labute approximate surface area is 87.7 Å². The fourth-order valence-electron chi connectivity index (χ4n) is 1.13. The average molecular weight is 253 g/mol. The van der Waals surface area contributed by atoms with Gasteiger partial charge in [0.2, 0.25) is 0 Å². The Hall–Kier alpha value is -1.49. The third-order valence-electron chi connectivity index (χ3n) is 1.77. The molecule has 0 aromatic carbocycles. The Morgan fingerprint density at radius 3 is 2.93 bits per heavy atom. The number of fused-ring (bicyclic) bond motifs is 1. The second kappa shape index (κ2) is 3.34. The molecule has 0 aliphatic heterocycles. The van der Waals surface area contributed by atoms with Gasteiger partial charge in [0.15, 0.2) is 0 Å². The summed E-state index contributed by atoms with van der Waals surface area (Å²) in [5.41, 5.74) is 1.37. The molecular weight excluding hydrogens is 248 g/mol. The van der Waals surface area contributed by atoms with Crippen molar-refractivity contribution in [3.05, 3.63) is 34.6 Å². The van der Waals surface area contributed by atoms with Gasteiger partial charge >= 0.3 is 5.97 Å². The van der Waals surface area contributed by atoms with E-state index in [1.165, 1.54) is 6.07 Å². The summed E-state index contributed by atoms with van der Waals surface area (Å²) in [6.07, 6.45) is 1.60. The van der Waals surface area contributed by atoms with Crippen LogP contribution in [0.15, 0.2) is 29.0 Å². The van der Waals surface area contributed by atoms with Crippen LogP contribution >= 0.6 is 15.9 Å². The van der Waals surface area contributed by atoms with Crippen molar-refractivity contribution in [2.24, 2.45) is 0 Å². The van der Waals surface area contributed by atoms with Crippen LogP contribution in [0.2, 0.25) is 0 Å². The van der Waals surface area contributed by atoms with Gasteiger partial charge in [0, 0.05) is 6.20 Å². The molecule has 0 spiro atoms. The molecule has 4 nitrogen and oxygen atoms in total. The molecular formula is C9H5BrN2O2. The summed E-state index contributed by atoms with van der Waals surface area (Å²) in [5, 5.41) is 8.83. The van der Waals surface area contributed by atoms with E-state index in [0.717, 1.165) is 0 Å². The zero-order chi connectivity index (χ0) is 10.1. The molecule has 0 radical (unpaired) electrons. The van der Waals surface area contributed by atoms with Crippen LogP contribution in [0, 0.1) is 0 Å². The Balaban J connectivity index is 2.77. The largest absolute Gasteiger partial charge is 0.478 e. The van der Waals surface area contributed by atoms with Gasteiger partial charge in [-0.3, -0.25) is 4.98 Å². The maximum Gasteiger partial charge on any atom is 0.338 e. The Morgan fingerprint density at radius 2 is 2.21 bits per heavy atom. The van der Waals surface area contributed by atoms with Gasteiger partial charge in [0.05, 0.1) is 16.6 Å². The van der Waals surface area contributed by atoms with Crippen LogP contribution < -0.4 is 0 Å². The quantitative estimate of drug-likeness (QED) is 0.790. The normalized spacial score (nSPS) is 10.4. The number of hydrogen-bond donors (Lipinski definition) is 1. The molecule has 0 unspecified atom stereocenters. The van der Waals surface area contributed by atoms with Crippen molar-refractivity contribution < 1.29 is 9.90 Å².